The lowest BCUT2D eigenvalue weighted by Crippen LogP contribution is -2.07. The summed E-state index contributed by atoms with van der Waals surface area (Å²) in [6.07, 6.45) is -2.80. The average Bonchev–Trinajstić information content (AvgIpc) is 2.25. The van der Waals surface area contributed by atoms with E-state index in [1.807, 2.05) is 0 Å². The Bertz CT molecular complexity index is 402. The van der Waals surface area contributed by atoms with Gasteiger partial charge in [0.1, 0.15) is 0 Å². The molecule has 0 unspecified atom stereocenters. The number of benzene rings is 1. The second-order valence-electron chi connectivity index (χ2n) is 3.07. The van der Waals surface area contributed by atoms with Gasteiger partial charge in [-0.25, -0.2) is 0 Å². The second-order valence-corrected chi connectivity index (χ2v) is 3.07. The molecule has 0 aliphatic carbocycles. The van der Waals surface area contributed by atoms with Crippen molar-refractivity contribution in [2.75, 3.05) is 14.1 Å². The lowest BCUT2D eigenvalue weighted by atomic mass is 10.1. The van der Waals surface area contributed by atoms with Gasteiger partial charge in [0.25, 0.3) is 0 Å². The molecule has 2 nitrogen and oxygen atoms in total. The summed E-state index contributed by atoms with van der Waals surface area (Å²) in [4.78, 5) is 7.70. The zero-order chi connectivity index (χ0) is 12.2. The van der Waals surface area contributed by atoms with E-state index in [9.17, 15) is 13.2 Å². The normalized spacial score (nSPS) is 13.4. The van der Waals surface area contributed by atoms with Gasteiger partial charge in [-0.2, -0.15) is 13.2 Å². The van der Waals surface area contributed by atoms with E-state index in [1.165, 1.54) is 18.3 Å². The standard InChI is InChI=1S/C11H11F3N2/c1-15-7-10(16-2)8-3-5-9(6-4-8)11(12,13)14/h3-7H,1-2H3/b15-7-,16-10+. The number of halogens is 3. The van der Waals surface area contributed by atoms with Crippen LogP contribution in [-0.2, 0) is 6.18 Å². The highest BCUT2D eigenvalue weighted by Crippen LogP contribution is 2.29. The van der Waals surface area contributed by atoms with E-state index < -0.39 is 11.7 Å². The lowest BCUT2D eigenvalue weighted by Gasteiger charge is -2.07. The first-order valence-electron chi connectivity index (χ1n) is 4.55. The van der Waals surface area contributed by atoms with Gasteiger partial charge in [0.2, 0.25) is 0 Å². The van der Waals surface area contributed by atoms with Gasteiger partial charge in [0.05, 0.1) is 11.3 Å². The summed E-state index contributed by atoms with van der Waals surface area (Å²) in [6, 6.07) is 4.83. The van der Waals surface area contributed by atoms with Crippen molar-refractivity contribution >= 4 is 11.9 Å². The molecule has 86 valence electrons. The van der Waals surface area contributed by atoms with Crippen molar-refractivity contribution in [2.24, 2.45) is 9.98 Å². The van der Waals surface area contributed by atoms with Crippen molar-refractivity contribution in [2.45, 2.75) is 6.18 Å². The van der Waals surface area contributed by atoms with Gasteiger partial charge in [-0.15, -0.1) is 0 Å². The average molecular weight is 228 g/mol. The Morgan fingerprint density at radius 1 is 1.12 bits per heavy atom. The molecular weight excluding hydrogens is 217 g/mol. The minimum atomic E-state index is -4.30. The molecule has 1 aromatic carbocycles. The molecule has 16 heavy (non-hydrogen) atoms. The van der Waals surface area contributed by atoms with Crippen molar-refractivity contribution in [3.8, 4) is 0 Å². The van der Waals surface area contributed by atoms with Crippen molar-refractivity contribution in [1.29, 1.82) is 0 Å². The van der Waals surface area contributed by atoms with Crippen LogP contribution in [0.15, 0.2) is 34.3 Å². The van der Waals surface area contributed by atoms with Crippen LogP contribution in [0.5, 0.6) is 0 Å². The van der Waals surface area contributed by atoms with Crippen molar-refractivity contribution in [3.05, 3.63) is 35.4 Å². The maximum absolute atomic E-state index is 12.3. The van der Waals surface area contributed by atoms with E-state index in [4.69, 9.17) is 0 Å². The van der Waals surface area contributed by atoms with E-state index >= 15 is 0 Å². The van der Waals surface area contributed by atoms with Crippen LogP contribution in [0.2, 0.25) is 0 Å². The number of nitrogens with zero attached hydrogens (tertiary/aromatic N) is 2. The Balaban J connectivity index is 3.04. The summed E-state index contributed by atoms with van der Waals surface area (Å²) in [5.74, 6) is 0. The Labute approximate surface area is 91.5 Å². The SMILES string of the molecule is C/N=C\C(=N/C)c1ccc(C(F)(F)F)cc1. The smallest absolute Gasteiger partial charge is 0.294 e. The quantitative estimate of drug-likeness (QED) is 0.695. The first-order chi connectivity index (χ1) is 7.49. The molecule has 0 atom stereocenters. The van der Waals surface area contributed by atoms with Crippen LogP contribution >= 0.6 is 0 Å². The van der Waals surface area contributed by atoms with Gasteiger partial charge in [-0.1, -0.05) is 12.1 Å². The van der Waals surface area contributed by atoms with Crippen LogP contribution in [0.1, 0.15) is 11.1 Å². The van der Waals surface area contributed by atoms with Crippen LogP contribution < -0.4 is 0 Å². The molecule has 0 aliphatic rings. The van der Waals surface area contributed by atoms with E-state index in [0.29, 0.717) is 11.3 Å². The van der Waals surface area contributed by atoms with E-state index in [-0.39, 0.29) is 0 Å². The zero-order valence-electron chi connectivity index (χ0n) is 8.92. The largest absolute Gasteiger partial charge is 0.416 e. The third-order valence-corrected chi connectivity index (χ3v) is 2.00. The molecule has 5 heteroatoms. The molecule has 0 heterocycles. The van der Waals surface area contributed by atoms with E-state index in [1.54, 1.807) is 14.1 Å². The molecule has 0 N–H and O–H groups in total. The monoisotopic (exact) mass is 228 g/mol. The first-order valence-corrected chi connectivity index (χ1v) is 4.55. The third kappa shape index (κ3) is 2.92. The molecule has 1 aromatic rings. The number of hydrogen-bond acceptors (Lipinski definition) is 2. The van der Waals surface area contributed by atoms with Crippen LogP contribution in [0.25, 0.3) is 0 Å². The van der Waals surface area contributed by atoms with E-state index in [0.717, 1.165) is 12.1 Å². The summed E-state index contributed by atoms with van der Waals surface area (Å²) < 4.78 is 36.9. The number of hydrogen-bond donors (Lipinski definition) is 0. The number of alkyl halides is 3. The van der Waals surface area contributed by atoms with Crippen molar-refractivity contribution in [1.82, 2.24) is 0 Å². The molecule has 0 amide bonds. The van der Waals surface area contributed by atoms with Gasteiger partial charge in [0, 0.05) is 25.9 Å². The maximum Gasteiger partial charge on any atom is 0.416 e. The highest BCUT2D eigenvalue weighted by atomic mass is 19.4. The van der Waals surface area contributed by atoms with Gasteiger partial charge in [-0.05, 0) is 12.1 Å². The predicted octanol–water partition coefficient (Wildman–Crippen LogP) is 2.82. The summed E-state index contributed by atoms with van der Waals surface area (Å²) in [6.45, 7) is 0. The molecule has 0 radical (unpaired) electrons. The van der Waals surface area contributed by atoms with Crippen LogP contribution in [0, 0.1) is 0 Å². The molecule has 0 saturated heterocycles. The maximum atomic E-state index is 12.3. The Morgan fingerprint density at radius 3 is 2.06 bits per heavy atom. The molecule has 0 bridgehead atoms. The number of aliphatic imine (C=N–C) groups is 2. The fraction of sp³-hybridized carbons (Fsp3) is 0.273. The highest BCUT2D eigenvalue weighted by Gasteiger charge is 2.29. The Kier molecular flexibility index (Phi) is 3.82. The summed E-state index contributed by atoms with van der Waals surface area (Å²) in [5.41, 5.74) is 0.498. The van der Waals surface area contributed by atoms with Crippen molar-refractivity contribution in [3.63, 3.8) is 0 Å². The fourth-order valence-electron chi connectivity index (χ4n) is 1.21. The summed E-state index contributed by atoms with van der Waals surface area (Å²) in [5, 5.41) is 0. The highest BCUT2D eigenvalue weighted by molar-refractivity contribution is 6.38. The first kappa shape index (κ1) is 12.4. The number of rotatable bonds is 2. The fourth-order valence-corrected chi connectivity index (χ4v) is 1.21. The predicted molar refractivity (Wildman–Crippen MR) is 58.3 cm³/mol. The topological polar surface area (TPSA) is 24.7 Å². The van der Waals surface area contributed by atoms with Crippen molar-refractivity contribution < 1.29 is 13.2 Å². The summed E-state index contributed by atoms with van der Waals surface area (Å²) >= 11 is 0. The van der Waals surface area contributed by atoms with Gasteiger partial charge >= 0.3 is 6.18 Å². The van der Waals surface area contributed by atoms with Crippen LogP contribution in [-0.4, -0.2) is 26.0 Å². The third-order valence-electron chi connectivity index (χ3n) is 2.00. The van der Waals surface area contributed by atoms with Crippen LogP contribution in [0.4, 0.5) is 13.2 Å². The van der Waals surface area contributed by atoms with Crippen LogP contribution in [0.3, 0.4) is 0 Å². The van der Waals surface area contributed by atoms with Gasteiger partial charge in [-0.3, -0.25) is 9.98 Å². The molecule has 0 aliphatic heterocycles. The summed E-state index contributed by atoms with van der Waals surface area (Å²) in [7, 11) is 3.14. The molecular formula is C11H11F3N2. The molecule has 1 rings (SSSR count). The Morgan fingerprint density at radius 2 is 1.69 bits per heavy atom. The Hall–Kier alpha value is -1.65. The molecule has 0 aromatic heterocycles. The minimum absolute atomic E-state index is 0.552. The minimum Gasteiger partial charge on any atom is -0.294 e. The second kappa shape index (κ2) is 4.92. The van der Waals surface area contributed by atoms with Gasteiger partial charge < -0.3 is 0 Å². The van der Waals surface area contributed by atoms with Gasteiger partial charge in [0.15, 0.2) is 0 Å². The lowest BCUT2D eigenvalue weighted by molar-refractivity contribution is -0.137. The molecule has 0 spiro atoms. The molecule has 0 saturated carbocycles. The zero-order valence-corrected chi connectivity index (χ0v) is 8.92. The van der Waals surface area contributed by atoms with E-state index in [2.05, 4.69) is 9.98 Å². The molecule has 0 fully saturated rings.